The molecule has 1 aliphatic heterocycles. The maximum absolute atomic E-state index is 13.0. The van der Waals surface area contributed by atoms with Crippen LogP contribution < -0.4 is 29.6 Å². The van der Waals surface area contributed by atoms with Crippen LogP contribution >= 0.6 is 0 Å². The SMILES string of the molecule is COc1cc(OC)cc(C(=O)N[C@@H](C(=O)N[C@@H](C)c2ccc3c(c2)OCO3)C(C)C)c1. The first-order valence-electron chi connectivity index (χ1n) is 10.1. The average Bonchev–Trinajstić information content (AvgIpc) is 3.24. The van der Waals surface area contributed by atoms with Crippen molar-refractivity contribution >= 4 is 11.8 Å². The summed E-state index contributed by atoms with van der Waals surface area (Å²) in [6, 6.07) is 9.42. The second kappa shape index (κ2) is 9.59. The number of ether oxygens (including phenoxy) is 4. The zero-order valence-corrected chi connectivity index (χ0v) is 18.4. The Morgan fingerprint density at radius 2 is 1.55 bits per heavy atom. The lowest BCUT2D eigenvalue weighted by Crippen LogP contribution is -2.50. The molecule has 0 aromatic heterocycles. The molecule has 8 heteroatoms. The largest absolute Gasteiger partial charge is 0.497 e. The van der Waals surface area contributed by atoms with Gasteiger partial charge in [0.15, 0.2) is 11.5 Å². The lowest BCUT2D eigenvalue weighted by atomic mass is 10.0. The Balaban J connectivity index is 1.71. The summed E-state index contributed by atoms with van der Waals surface area (Å²) in [7, 11) is 3.02. The van der Waals surface area contributed by atoms with Crippen molar-refractivity contribution in [3.8, 4) is 23.0 Å². The molecule has 0 saturated heterocycles. The number of fused-ring (bicyclic) bond motifs is 1. The van der Waals surface area contributed by atoms with E-state index in [2.05, 4.69) is 10.6 Å². The molecule has 0 fully saturated rings. The van der Waals surface area contributed by atoms with Crippen molar-refractivity contribution in [2.24, 2.45) is 5.92 Å². The highest BCUT2D eigenvalue weighted by Crippen LogP contribution is 2.34. The second-order valence-corrected chi connectivity index (χ2v) is 7.64. The van der Waals surface area contributed by atoms with Crippen molar-refractivity contribution in [1.82, 2.24) is 10.6 Å². The van der Waals surface area contributed by atoms with Gasteiger partial charge in [0.1, 0.15) is 17.5 Å². The predicted octanol–water partition coefficient (Wildman–Crippen LogP) is 3.06. The van der Waals surface area contributed by atoms with Crippen molar-refractivity contribution in [3.05, 3.63) is 47.5 Å². The molecule has 2 aromatic rings. The molecule has 0 radical (unpaired) electrons. The third-order valence-corrected chi connectivity index (χ3v) is 5.10. The summed E-state index contributed by atoms with van der Waals surface area (Å²) in [5.74, 6) is 1.53. The molecule has 3 rings (SSSR count). The van der Waals surface area contributed by atoms with Crippen LogP contribution in [0.25, 0.3) is 0 Å². The number of benzene rings is 2. The number of carbonyl (C=O) groups excluding carboxylic acids is 2. The van der Waals surface area contributed by atoms with E-state index in [-0.39, 0.29) is 30.6 Å². The van der Waals surface area contributed by atoms with Gasteiger partial charge in [0.05, 0.1) is 20.3 Å². The van der Waals surface area contributed by atoms with Crippen molar-refractivity contribution < 1.29 is 28.5 Å². The van der Waals surface area contributed by atoms with Crippen LogP contribution in [-0.4, -0.2) is 38.9 Å². The number of methoxy groups -OCH3 is 2. The zero-order chi connectivity index (χ0) is 22.5. The van der Waals surface area contributed by atoms with Crippen molar-refractivity contribution in [2.45, 2.75) is 32.9 Å². The summed E-state index contributed by atoms with van der Waals surface area (Å²) < 4.78 is 21.2. The van der Waals surface area contributed by atoms with Crippen LogP contribution in [-0.2, 0) is 4.79 Å². The molecule has 31 heavy (non-hydrogen) atoms. The van der Waals surface area contributed by atoms with E-state index in [1.165, 1.54) is 14.2 Å². The molecule has 0 saturated carbocycles. The summed E-state index contributed by atoms with van der Waals surface area (Å²) >= 11 is 0. The van der Waals surface area contributed by atoms with Gasteiger partial charge in [0.2, 0.25) is 12.7 Å². The van der Waals surface area contributed by atoms with Crippen molar-refractivity contribution in [3.63, 3.8) is 0 Å². The first-order valence-corrected chi connectivity index (χ1v) is 10.1. The molecular formula is C23H28N2O6. The van der Waals surface area contributed by atoms with E-state index >= 15 is 0 Å². The summed E-state index contributed by atoms with van der Waals surface area (Å²) in [5.41, 5.74) is 1.22. The van der Waals surface area contributed by atoms with E-state index in [0.717, 1.165) is 5.56 Å². The standard InChI is InChI=1S/C23H28N2O6/c1-13(2)21(25-22(26)16-8-17(28-4)11-18(9-16)29-5)23(27)24-14(3)15-6-7-19-20(10-15)31-12-30-19/h6-11,13-14,21H,12H2,1-5H3,(H,24,27)(H,25,26)/t14-,21+/m0/s1. The van der Waals surface area contributed by atoms with E-state index in [9.17, 15) is 9.59 Å². The van der Waals surface area contributed by atoms with E-state index in [4.69, 9.17) is 18.9 Å². The fraction of sp³-hybridized carbons (Fsp3) is 0.391. The van der Waals surface area contributed by atoms with Gasteiger partial charge in [-0.25, -0.2) is 0 Å². The third kappa shape index (κ3) is 5.20. The Bertz CT molecular complexity index is 937. The molecule has 0 spiro atoms. The van der Waals surface area contributed by atoms with Gasteiger partial charge in [0.25, 0.3) is 5.91 Å². The van der Waals surface area contributed by atoms with Crippen LogP contribution in [0.15, 0.2) is 36.4 Å². The molecule has 166 valence electrons. The number of hydrogen-bond donors (Lipinski definition) is 2. The number of hydrogen-bond acceptors (Lipinski definition) is 6. The van der Waals surface area contributed by atoms with Gasteiger partial charge in [-0.05, 0) is 42.7 Å². The van der Waals surface area contributed by atoms with Crippen LogP contribution in [0.4, 0.5) is 0 Å². The lowest BCUT2D eigenvalue weighted by Gasteiger charge is -2.24. The van der Waals surface area contributed by atoms with Gasteiger partial charge in [-0.2, -0.15) is 0 Å². The van der Waals surface area contributed by atoms with Crippen molar-refractivity contribution in [1.29, 1.82) is 0 Å². The number of amides is 2. The summed E-state index contributed by atoms with van der Waals surface area (Å²) in [6.45, 7) is 5.82. The first-order chi connectivity index (χ1) is 14.8. The molecule has 0 unspecified atom stereocenters. The predicted molar refractivity (Wildman–Crippen MR) is 115 cm³/mol. The molecule has 8 nitrogen and oxygen atoms in total. The Hall–Kier alpha value is -3.42. The van der Waals surface area contributed by atoms with E-state index in [1.54, 1.807) is 18.2 Å². The molecule has 2 aromatic carbocycles. The van der Waals surface area contributed by atoms with Gasteiger partial charge in [-0.15, -0.1) is 0 Å². The van der Waals surface area contributed by atoms with E-state index in [1.807, 2.05) is 39.0 Å². The Morgan fingerprint density at radius 1 is 0.903 bits per heavy atom. The Kier molecular flexibility index (Phi) is 6.89. The van der Waals surface area contributed by atoms with Gasteiger partial charge >= 0.3 is 0 Å². The fourth-order valence-corrected chi connectivity index (χ4v) is 3.27. The molecule has 0 aliphatic carbocycles. The summed E-state index contributed by atoms with van der Waals surface area (Å²) in [5, 5.41) is 5.80. The number of carbonyl (C=O) groups is 2. The van der Waals surface area contributed by atoms with E-state index < -0.39 is 6.04 Å². The monoisotopic (exact) mass is 428 g/mol. The van der Waals surface area contributed by atoms with Gasteiger partial charge in [0, 0.05) is 11.6 Å². The maximum atomic E-state index is 13.0. The highest BCUT2D eigenvalue weighted by Gasteiger charge is 2.27. The van der Waals surface area contributed by atoms with E-state index in [0.29, 0.717) is 28.6 Å². The number of rotatable bonds is 8. The van der Waals surface area contributed by atoms with Crippen LogP contribution in [0, 0.1) is 5.92 Å². The molecule has 0 bridgehead atoms. The second-order valence-electron chi connectivity index (χ2n) is 7.64. The molecule has 2 N–H and O–H groups in total. The fourth-order valence-electron chi connectivity index (χ4n) is 3.27. The highest BCUT2D eigenvalue weighted by molar-refractivity contribution is 5.98. The van der Waals surface area contributed by atoms with Crippen LogP contribution in [0.2, 0.25) is 0 Å². The molecule has 2 atom stereocenters. The maximum Gasteiger partial charge on any atom is 0.252 e. The van der Waals surface area contributed by atoms with Crippen LogP contribution in [0.3, 0.4) is 0 Å². The minimum atomic E-state index is -0.721. The lowest BCUT2D eigenvalue weighted by molar-refractivity contribution is -0.124. The number of nitrogens with one attached hydrogen (secondary N) is 2. The van der Waals surface area contributed by atoms with Crippen molar-refractivity contribution in [2.75, 3.05) is 21.0 Å². The highest BCUT2D eigenvalue weighted by atomic mass is 16.7. The topological polar surface area (TPSA) is 95.1 Å². The van der Waals surface area contributed by atoms with Gasteiger partial charge < -0.3 is 29.6 Å². The average molecular weight is 428 g/mol. The smallest absolute Gasteiger partial charge is 0.252 e. The van der Waals surface area contributed by atoms with Crippen LogP contribution in [0.5, 0.6) is 23.0 Å². The zero-order valence-electron chi connectivity index (χ0n) is 18.4. The van der Waals surface area contributed by atoms with Gasteiger partial charge in [-0.1, -0.05) is 19.9 Å². The Morgan fingerprint density at radius 3 is 2.16 bits per heavy atom. The third-order valence-electron chi connectivity index (χ3n) is 5.10. The van der Waals surface area contributed by atoms with Gasteiger partial charge in [-0.3, -0.25) is 9.59 Å². The first kappa shape index (κ1) is 22.3. The normalized spacial score (nSPS) is 14.0. The minimum Gasteiger partial charge on any atom is -0.497 e. The quantitative estimate of drug-likeness (QED) is 0.671. The summed E-state index contributed by atoms with van der Waals surface area (Å²) in [6.07, 6.45) is 0. The minimum absolute atomic E-state index is 0.125. The Labute approximate surface area is 181 Å². The summed E-state index contributed by atoms with van der Waals surface area (Å²) in [4.78, 5) is 25.8. The molecule has 1 aliphatic rings. The van der Waals surface area contributed by atoms with Crippen LogP contribution in [0.1, 0.15) is 42.7 Å². The molecular weight excluding hydrogens is 400 g/mol. The molecule has 1 heterocycles. The molecule has 2 amide bonds.